The largest absolute Gasteiger partial charge is 0.497 e. The van der Waals surface area contributed by atoms with Gasteiger partial charge in [0.25, 0.3) is 5.91 Å². The number of carbonyl (C=O) groups is 2. The second-order valence-corrected chi connectivity index (χ2v) is 6.28. The summed E-state index contributed by atoms with van der Waals surface area (Å²) >= 11 is 6.20. The van der Waals surface area contributed by atoms with Crippen LogP contribution >= 0.6 is 11.6 Å². The zero-order chi connectivity index (χ0) is 20.6. The van der Waals surface area contributed by atoms with E-state index in [9.17, 15) is 9.59 Å². The van der Waals surface area contributed by atoms with Gasteiger partial charge in [0.2, 0.25) is 0 Å². The lowest BCUT2D eigenvalue weighted by molar-refractivity contribution is 0.0734. The maximum Gasteiger partial charge on any atom is 0.343 e. The van der Waals surface area contributed by atoms with E-state index in [4.69, 9.17) is 21.1 Å². The molecular formula is C22H17ClN2O4. The first-order valence-corrected chi connectivity index (χ1v) is 8.99. The zero-order valence-electron chi connectivity index (χ0n) is 15.5. The Morgan fingerprint density at radius 3 is 2.34 bits per heavy atom. The predicted molar refractivity (Wildman–Crippen MR) is 111 cm³/mol. The van der Waals surface area contributed by atoms with Crippen molar-refractivity contribution in [1.82, 2.24) is 5.43 Å². The average molecular weight is 409 g/mol. The number of nitrogens with zero attached hydrogens (tertiary/aromatic N) is 1. The number of hydrogen-bond donors (Lipinski definition) is 1. The molecule has 7 heteroatoms. The van der Waals surface area contributed by atoms with Crippen molar-refractivity contribution in [2.75, 3.05) is 7.11 Å². The van der Waals surface area contributed by atoms with Gasteiger partial charge in [-0.3, -0.25) is 4.79 Å². The molecule has 6 nitrogen and oxygen atoms in total. The first-order valence-electron chi connectivity index (χ1n) is 8.61. The molecule has 29 heavy (non-hydrogen) atoms. The molecule has 0 aliphatic carbocycles. The van der Waals surface area contributed by atoms with Crippen LogP contribution in [0.1, 0.15) is 26.3 Å². The van der Waals surface area contributed by atoms with Gasteiger partial charge in [0.1, 0.15) is 11.5 Å². The molecule has 0 heterocycles. The maximum atomic E-state index is 12.2. The van der Waals surface area contributed by atoms with Crippen molar-refractivity contribution in [2.45, 2.75) is 0 Å². The summed E-state index contributed by atoms with van der Waals surface area (Å²) < 4.78 is 10.4. The predicted octanol–water partition coefficient (Wildman–Crippen LogP) is 4.33. The van der Waals surface area contributed by atoms with Gasteiger partial charge in [0.15, 0.2) is 0 Å². The van der Waals surface area contributed by atoms with E-state index < -0.39 is 5.97 Å². The first kappa shape index (κ1) is 20.1. The number of hydrogen-bond acceptors (Lipinski definition) is 5. The first-order chi connectivity index (χ1) is 14.1. The van der Waals surface area contributed by atoms with Gasteiger partial charge in [-0.05, 0) is 60.2 Å². The number of halogens is 1. The Morgan fingerprint density at radius 1 is 0.966 bits per heavy atom. The van der Waals surface area contributed by atoms with Crippen LogP contribution in [-0.2, 0) is 0 Å². The van der Waals surface area contributed by atoms with Gasteiger partial charge in [0.05, 0.1) is 23.9 Å². The number of hydrazone groups is 1. The highest BCUT2D eigenvalue weighted by Gasteiger charge is 2.11. The van der Waals surface area contributed by atoms with Crippen LogP contribution in [0.5, 0.6) is 11.5 Å². The van der Waals surface area contributed by atoms with Crippen molar-refractivity contribution in [3.05, 3.63) is 94.5 Å². The smallest absolute Gasteiger partial charge is 0.343 e. The fraction of sp³-hybridized carbons (Fsp3) is 0.0455. The number of amides is 1. The monoisotopic (exact) mass is 408 g/mol. The number of carbonyl (C=O) groups excluding carboxylic acids is 2. The fourth-order valence-electron chi connectivity index (χ4n) is 2.39. The number of benzene rings is 3. The molecule has 3 aromatic carbocycles. The van der Waals surface area contributed by atoms with E-state index in [2.05, 4.69) is 10.5 Å². The normalized spacial score (nSPS) is 10.6. The minimum absolute atomic E-state index is 0.220. The lowest BCUT2D eigenvalue weighted by Crippen LogP contribution is -2.17. The van der Waals surface area contributed by atoms with E-state index in [0.717, 1.165) is 0 Å². The van der Waals surface area contributed by atoms with Crippen molar-refractivity contribution in [3.63, 3.8) is 0 Å². The minimum Gasteiger partial charge on any atom is -0.497 e. The van der Waals surface area contributed by atoms with Crippen molar-refractivity contribution < 1.29 is 19.1 Å². The van der Waals surface area contributed by atoms with Crippen LogP contribution in [0.4, 0.5) is 0 Å². The van der Waals surface area contributed by atoms with Gasteiger partial charge in [-0.1, -0.05) is 29.8 Å². The molecule has 0 aromatic heterocycles. The summed E-state index contributed by atoms with van der Waals surface area (Å²) in [5.41, 5.74) is 3.94. The number of nitrogens with one attached hydrogen (secondary N) is 1. The Kier molecular flexibility index (Phi) is 6.60. The van der Waals surface area contributed by atoms with E-state index in [1.807, 2.05) is 6.07 Å². The van der Waals surface area contributed by atoms with E-state index in [1.165, 1.54) is 6.21 Å². The molecule has 0 aliphatic rings. The zero-order valence-corrected chi connectivity index (χ0v) is 16.2. The molecule has 0 aliphatic heterocycles. The summed E-state index contributed by atoms with van der Waals surface area (Å²) in [6, 6.07) is 20.1. The van der Waals surface area contributed by atoms with Crippen LogP contribution in [0.15, 0.2) is 77.9 Å². The van der Waals surface area contributed by atoms with Gasteiger partial charge in [-0.15, -0.1) is 0 Å². The third-order valence-electron chi connectivity index (χ3n) is 3.90. The summed E-state index contributed by atoms with van der Waals surface area (Å²) in [5, 5.41) is 4.15. The minimum atomic E-state index is -0.536. The molecule has 1 N–H and O–H groups in total. The molecule has 0 atom stereocenters. The molecule has 1 amide bonds. The molecule has 0 saturated carbocycles. The van der Waals surface area contributed by atoms with Gasteiger partial charge < -0.3 is 9.47 Å². The highest BCUT2D eigenvalue weighted by atomic mass is 35.5. The van der Waals surface area contributed by atoms with Crippen LogP contribution < -0.4 is 14.9 Å². The second kappa shape index (κ2) is 9.52. The number of methoxy groups -OCH3 is 1. The Labute approximate surface area is 172 Å². The highest BCUT2D eigenvalue weighted by Crippen LogP contribution is 2.26. The second-order valence-electron chi connectivity index (χ2n) is 5.87. The van der Waals surface area contributed by atoms with Gasteiger partial charge in [-0.2, -0.15) is 5.10 Å². The number of esters is 1. The number of ether oxygens (including phenoxy) is 2. The molecule has 0 bridgehead atoms. The fourth-order valence-corrected chi connectivity index (χ4v) is 2.61. The molecule has 146 valence electrons. The average Bonchev–Trinajstić information content (AvgIpc) is 2.76. The van der Waals surface area contributed by atoms with Crippen LogP contribution in [0.25, 0.3) is 0 Å². The third kappa shape index (κ3) is 5.43. The van der Waals surface area contributed by atoms with Crippen LogP contribution in [0.3, 0.4) is 0 Å². The molecular weight excluding hydrogens is 392 g/mol. The van der Waals surface area contributed by atoms with Crippen LogP contribution in [-0.4, -0.2) is 25.2 Å². The summed E-state index contributed by atoms with van der Waals surface area (Å²) in [7, 11) is 1.55. The molecule has 3 rings (SSSR count). The molecule has 3 aromatic rings. The molecule has 0 fully saturated rings. The lowest BCUT2D eigenvalue weighted by atomic mass is 10.2. The van der Waals surface area contributed by atoms with E-state index in [-0.39, 0.29) is 16.7 Å². The molecule has 0 radical (unpaired) electrons. The van der Waals surface area contributed by atoms with Crippen molar-refractivity contribution in [1.29, 1.82) is 0 Å². The maximum absolute atomic E-state index is 12.2. The van der Waals surface area contributed by atoms with Crippen LogP contribution in [0.2, 0.25) is 5.02 Å². The quantitative estimate of drug-likeness (QED) is 0.285. The van der Waals surface area contributed by atoms with Crippen molar-refractivity contribution >= 4 is 29.7 Å². The SMILES string of the molecule is COc1ccc(C(=O)Oc2ccc(/C=N/NC(=O)c3ccccc3)cc2Cl)cc1. The Hall–Kier alpha value is -3.64. The van der Waals surface area contributed by atoms with E-state index >= 15 is 0 Å². The summed E-state index contributed by atoms with van der Waals surface area (Å²) in [4.78, 5) is 24.2. The van der Waals surface area contributed by atoms with Gasteiger partial charge in [0, 0.05) is 5.56 Å². The Balaban J connectivity index is 1.62. The standard InChI is InChI=1S/C22H17ClN2O4/c1-28-18-10-8-17(9-11-18)22(27)29-20-12-7-15(13-19(20)23)14-24-25-21(26)16-5-3-2-4-6-16/h2-14H,1H3,(H,25,26)/b24-14+. The summed E-state index contributed by atoms with van der Waals surface area (Å²) in [6.07, 6.45) is 1.45. The lowest BCUT2D eigenvalue weighted by Gasteiger charge is -2.07. The van der Waals surface area contributed by atoms with Gasteiger partial charge >= 0.3 is 5.97 Å². The third-order valence-corrected chi connectivity index (χ3v) is 4.20. The summed E-state index contributed by atoms with van der Waals surface area (Å²) in [5.74, 6) is 0.00428. The van der Waals surface area contributed by atoms with E-state index in [1.54, 1.807) is 73.8 Å². The Morgan fingerprint density at radius 2 is 1.69 bits per heavy atom. The molecule has 0 spiro atoms. The van der Waals surface area contributed by atoms with Gasteiger partial charge in [-0.25, -0.2) is 10.2 Å². The van der Waals surface area contributed by atoms with Crippen molar-refractivity contribution in [3.8, 4) is 11.5 Å². The van der Waals surface area contributed by atoms with Crippen molar-refractivity contribution in [2.24, 2.45) is 5.10 Å². The summed E-state index contributed by atoms with van der Waals surface area (Å²) in [6.45, 7) is 0. The molecule has 0 saturated heterocycles. The van der Waals surface area contributed by atoms with E-state index in [0.29, 0.717) is 22.4 Å². The van der Waals surface area contributed by atoms with Crippen LogP contribution in [0, 0.1) is 0 Å². The Bertz CT molecular complexity index is 1030. The topological polar surface area (TPSA) is 77.0 Å². The molecule has 0 unspecified atom stereocenters. The highest BCUT2D eigenvalue weighted by molar-refractivity contribution is 6.32. The number of rotatable bonds is 6.